The molecule has 0 unspecified atom stereocenters. The van der Waals surface area contributed by atoms with Crippen LogP contribution in [-0.4, -0.2) is 12.6 Å². The Labute approximate surface area is 103 Å². The lowest BCUT2D eigenvalue weighted by molar-refractivity contribution is 0.462. The van der Waals surface area contributed by atoms with E-state index in [1.807, 2.05) is 20.0 Å². The van der Waals surface area contributed by atoms with Crippen molar-refractivity contribution in [3.8, 4) is 0 Å². The molecule has 0 aliphatic heterocycles. The van der Waals surface area contributed by atoms with Gasteiger partial charge in [-0.1, -0.05) is 31.0 Å². The van der Waals surface area contributed by atoms with E-state index in [4.69, 9.17) is 0 Å². The Kier molecular flexibility index (Phi) is 6.11. The van der Waals surface area contributed by atoms with E-state index < -0.39 is 0 Å². The molecule has 92 valence electrons. The second-order valence-corrected chi connectivity index (χ2v) is 5.54. The number of allylic oxidation sites excluding steroid dienone is 1. The molecule has 0 aliphatic carbocycles. The smallest absolute Gasteiger partial charge is 0.0964 e. The zero-order valence-electron chi connectivity index (χ0n) is 10.9. The molecular formula is C12H23N3S. The van der Waals surface area contributed by atoms with Gasteiger partial charge in [0.1, 0.15) is 0 Å². The molecule has 3 nitrogen and oxygen atoms in total. The lowest BCUT2D eigenvalue weighted by atomic mass is 10.1. The van der Waals surface area contributed by atoms with E-state index in [0.29, 0.717) is 0 Å². The molecule has 0 aromatic rings. The van der Waals surface area contributed by atoms with Crippen LogP contribution in [0.1, 0.15) is 27.7 Å². The second-order valence-electron chi connectivity index (χ2n) is 4.41. The molecule has 0 saturated heterocycles. The van der Waals surface area contributed by atoms with Crippen LogP contribution in [0.15, 0.2) is 35.1 Å². The number of rotatable bonds is 6. The molecule has 4 heteroatoms. The van der Waals surface area contributed by atoms with Crippen molar-refractivity contribution >= 4 is 11.8 Å². The van der Waals surface area contributed by atoms with E-state index in [2.05, 4.69) is 49.9 Å². The third-order valence-electron chi connectivity index (χ3n) is 1.56. The molecule has 0 radical (unpaired) electrons. The Morgan fingerprint density at radius 2 is 1.81 bits per heavy atom. The predicted molar refractivity (Wildman–Crippen MR) is 74.7 cm³/mol. The molecule has 3 N–H and O–H groups in total. The van der Waals surface area contributed by atoms with Crippen LogP contribution in [0.3, 0.4) is 0 Å². The number of nitrogens with one attached hydrogen (secondary N) is 3. The van der Waals surface area contributed by atoms with Crippen LogP contribution in [0.25, 0.3) is 0 Å². The Hall–Kier alpha value is -1.03. The lowest BCUT2D eigenvalue weighted by Crippen LogP contribution is -2.39. The van der Waals surface area contributed by atoms with Crippen molar-refractivity contribution in [2.24, 2.45) is 0 Å². The van der Waals surface area contributed by atoms with Crippen molar-refractivity contribution in [1.82, 2.24) is 16.0 Å². The van der Waals surface area contributed by atoms with E-state index in [1.165, 1.54) is 0 Å². The molecule has 0 saturated carbocycles. The SMILES string of the molecule is C=C(NC(=C)S/C(=C\C)NC)NC(C)(C)C. The van der Waals surface area contributed by atoms with Crippen LogP contribution in [0, 0.1) is 0 Å². The summed E-state index contributed by atoms with van der Waals surface area (Å²) < 4.78 is 0. The number of hydrogen-bond donors (Lipinski definition) is 3. The van der Waals surface area contributed by atoms with E-state index >= 15 is 0 Å². The van der Waals surface area contributed by atoms with Crippen LogP contribution in [0.4, 0.5) is 0 Å². The largest absolute Gasteiger partial charge is 0.383 e. The van der Waals surface area contributed by atoms with Gasteiger partial charge in [0.25, 0.3) is 0 Å². The molecule has 0 aromatic carbocycles. The Bertz CT molecular complexity index is 287. The van der Waals surface area contributed by atoms with Gasteiger partial charge in [-0.25, -0.2) is 0 Å². The molecule has 0 rings (SSSR count). The summed E-state index contributed by atoms with van der Waals surface area (Å²) in [5.41, 5.74) is 0.00145. The van der Waals surface area contributed by atoms with E-state index in [9.17, 15) is 0 Å². The first-order valence-electron chi connectivity index (χ1n) is 5.23. The summed E-state index contributed by atoms with van der Waals surface area (Å²) in [6.45, 7) is 16.1. The van der Waals surface area contributed by atoms with Crippen LogP contribution in [0.5, 0.6) is 0 Å². The van der Waals surface area contributed by atoms with Crippen molar-refractivity contribution in [3.05, 3.63) is 35.1 Å². The fourth-order valence-electron chi connectivity index (χ4n) is 1.06. The van der Waals surface area contributed by atoms with Crippen LogP contribution in [-0.2, 0) is 0 Å². The Morgan fingerprint density at radius 1 is 1.25 bits per heavy atom. The molecule has 16 heavy (non-hydrogen) atoms. The summed E-state index contributed by atoms with van der Waals surface area (Å²) in [5, 5.41) is 11.3. The van der Waals surface area contributed by atoms with Crippen LogP contribution < -0.4 is 16.0 Å². The highest BCUT2D eigenvalue weighted by molar-refractivity contribution is 8.06. The summed E-state index contributed by atoms with van der Waals surface area (Å²) in [7, 11) is 1.89. The van der Waals surface area contributed by atoms with Crippen molar-refractivity contribution in [2.45, 2.75) is 33.2 Å². The highest BCUT2D eigenvalue weighted by Gasteiger charge is 2.10. The Morgan fingerprint density at radius 3 is 2.19 bits per heavy atom. The molecule has 0 aromatic heterocycles. The molecule has 0 spiro atoms. The summed E-state index contributed by atoms with van der Waals surface area (Å²) >= 11 is 1.54. The molecule has 0 atom stereocenters. The summed E-state index contributed by atoms with van der Waals surface area (Å²) in [4.78, 5) is 0. The third kappa shape index (κ3) is 7.29. The minimum atomic E-state index is 0.00145. The molecule has 0 heterocycles. The Balaban J connectivity index is 4.11. The molecule has 0 fully saturated rings. The zero-order valence-corrected chi connectivity index (χ0v) is 11.7. The maximum absolute atomic E-state index is 3.93. The molecule has 0 amide bonds. The van der Waals surface area contributed by atoms with Gasteiger partial charge in [-0.15, -0.1) is 0 Å². The van der Waals surface area contributed by atoms with E-state index in [1.54, 1.807) is 11.8 Å². The predicted octanol–water partition coefficient (Wildman–Crippen LogP) is 2.72. The normalized spacial score (nSPS) is 11.9. The molecular weight excluding hydrogens is 218 g/mol. The van der Waals surface area contributed by atoms with Crippen LogP contribution >= 0.6 is 11.8 Å². The monoisotopic (exact) mass is 241 g/mol. The maximum atomic E-state index is 3.93. The summed E-state index contributed by atoms with van der Waals surface area (Å²) in [6.07, 6.45) is 2.00. The second kappa shape index (κ2) is 6.53. The van der Waals surface area contributed by atoms with Crippen LogP contribution in [0.2, 0.25) is 0 Å². The van der Waals surface area contributed by atoms with E-state index in [0.717, 1.165) is 15.9 Å². The highest BCUT2D eigenvalue weighted by atomic mass is 32.2. The first kappa shape index (κ1) is 15.0. The molecule has 0 aliphatic rings. The van der Waals surface area contributed by atoms with Gasteiger partial charge in [-0.2, -0.15) is 0 Å². The average Bonchev–Trinajstić information content (AvgIpc) is 2.10. The van der Waals surface area contributed by atoms with Crippen molar-refractivity contribution in [1.29, 1.82) is 0 Å². The van der Waals surface area contributed by atoms with Gasteiger partial charge in [-0.3, -0.25) is 0 Å². The first-order valence-corrected chi connectivity index (χ1v) is 6.05. The van der Waals surface area contributed by atoms with Gasteiger partial charge in [0.2, 0.25) is 0 Å². The van der Waals surface area contributed by atoms with Crippen molar-refractivity contribution in [3.63, 3.8) is 0 Å². The van der Waals surface area contributed by atoms with Crippen molar-refractivity contribution in [2.75, 3.05) is 7.05 Å². The fraction of sp³-hybridized carbons (Fsp3) is 0.500. The molecule has 0 bridgehead atoms. The first-order chi connectivity index (χ1) is 7.28. The average molecular weight is 241 g/mol. The standard InChI is InChI=1S/C12H23N3S/c1-8-11(13-7)16-10(3)14-9(2)15-12(4,5)6/h8,13-15H,2-3H2,1,4-7H3/b11-8-. The van der Waals surface area contributed by atoms with Gasteiger partial charge < -0.3 is 16.0 Å². The number of thioether (sulfide) groups is 1. The fourth-order valence-corrected chi connectivity index (χ4v) is 1.72. The quantitative estimate of drug-likeness (QED) is 0.668. The van der Waals surface area contributed by atoms with Gasteiger partial charge in [0.15, 0.2) is 0 Å². The minimum absolute atomic E-state index is 0.00145. The van der Waals surface area contributed by atoms with Crippen molar-refractivity contribution < 1.29 is 0 Å². The summed E-state index contributed by atoms with van der Waals surface area (Å²) in [5.74, 6) is 0.761. The van der Waals surface area contributed by atoms with Gasteiger partial charge in [-0.05, 0) is 27.7 Å². The topological polar surface area (TPSA) is 36.1 Å². The lowest BCUT2D eigenvalue weighted by Gasteiger charge is -2.24. The van der Waals surface area contributed by atoms with Gasteiger partial charge in [0, 0.05) is 12.6 Å². The number of hydrogen-bond acceptors (Lipinski definition) is 4. The van der Waals surface area contributed by atoms with Gasteiger partial charge >= 0.3 is 0 Å². The highest BCUT2D eigenvalue weighted by Crippen LogP contribution is 2.19. The summed E-state index contributed by atoms with van der Waals surface area (Å²) in [6, 6.07) is 0. The minimum Gasteiger partial charge on any atom is -0.383 e. The van der Waals surface area contributed by atoms with E-state index in [-0.39, 0.29) is 5.54 Å². The zero-order chi connectivity index (χ0) is 12.8. The third-order valence-corrected chi connectivity index (χ3v) is 2.57. The maximum Gasteiger partial charge on any atom is 0.0964 e. The van der Waals surface area contributed by atoms with Gasteiger partial charge in [0.05, 0.1) is 15.9 Å².